The molecule has 43 heavy (non-hydrogen) atoms. The number of thiophene rings is 1. The van der Waals surface area contributed by atoms with Gasteiger partial charge >= 0.3 is 0 Å². The zero-order valence-corrected chi connectivity index (χ0v) is 25.6. The molecule has 0 saturated heterocycles. The lowest BCUT2D eigenvalue weighted by atomic mass is 10.0. The Morgan fingerprint density at radius 1 is 1.21 bits per heavy atom. The monoisotopic (exact) mass is 600 g/mol. The van der Waals surface area contributed by atoms with Gasteiger partial charge < -0.3 is 16.4 Å². The van der Waals surface area contributed by atoms with Crippen LogP contribution in [-0.2, 0) is 22.6 Å². The second-order valence-electron chi connectivity index (χ2n) is 10.0. The number of allylic oxidation sites excluding steroid dienone is 2. The van der Waals surface area contributed by atoms with Gasteiger partial charge in [0.2, 0.25) is 5.91 Å². The van der Waals surface area contributed by atoms with Crippen molar-refractivity contribution in [2.45, 2.75) is 52.6 Å². The number of nitrogens with two attached hydrogens (primary N) is 1. The number of aryl methyl sites for hydroxylation is 1. The quantitative estimate of drug-likeness (QED) is 0.147. The van der Waals surface area contributed by atoms with Crippen LogP contribution in [-0.4, -0.2) is 51.0 Å². The Morgan fingerprint density at radius 3 is 2.72 bits per heavy atom. The Hall–Kier alpha value is -4.71. The van der Waals surface area contributed by atoms with Gasteiger partial charge in [0.1, 0.15) is 29.7 Å². The molecule has 5 heterocycles. The van der Waals surface area contributed by atoms with Crippen molar-refractivity contribution in [2.75, 3.05) is 24.6 Å². The average molecular weight is 601 g/mol. The molecule has 0 aliphatic carbocycles. The summed E-state index contributed by atoms with van der Waals surface area (Å²) in [4.78, 5) is 54.1. The molecule has 1 amide bonds. The van der Waals surface area contributed by atoms with Gasteiger partial charge in [-0.1, -0.05) is 13.0 Å². The first kappa shape index (κ1) is 31.2. The van der Waals surface area contributed by atoms with Crippen molar-refractivity contribution in [3.8, 4) is 0 Å². The lowest BCUT2D eigenvalue weighted by Crippen LogP contribution is -2.36. The number of hydrogen-bond donors (Lipinski definition) is 3. The number of carbonyl (C=O) groups excluding carboxylic acids is 2. The van der Waals surface area contributed by atoms with Gasteiger partial charge in [-0.05, 0) is 62.1 Å². The number of nitrogen functional groups attached to an aromatic ring is 1. The fraction of sp³-hybridized carbons (Fsp3) is 0.323. The van der Waals surface area contributed by atoms with Crippen molar-refractivity contribution in [1.82, 2.24) is 24.8 Å². The molecule has 1 aliphatic rings. The molecular formula is C31H36N8O3S. The maximum Gasteiger partial charge on any atom is 0.277 e. The van der Waals surface area contributed by atoms with Crippen molar-refractivity contribution >= 4 is 50.8 Å². The zero-order chi connectivity index (χ0) is 30.9. The van der Waals surface area contributed by atoms with Crippen LogP contribution in [0.2, 0.25) is 0 Å². The van der Waals surface area contributed by atoms with Crippen LogP contribution in [0.1, 0.15) is 56.1 Å². The van der Waals surface area contributed by atoms with Crippen molar-refractivity contribution in [2.24, 2.45) is 4.99 Å². The summed E-state index contributed by atoms with van der Waals surface area (Å²) >= 11 is 1.57. The predicted octanol–water partition coefficient (Wildman–Crippen LogP) is 4.10. The molecule has 0 aromatic carbocycles. The molecule has 0 saturated carbocycles. The minimum absolute atomic E-state index is 0.170. The number of aliphatic imine (C=N–C) groups is 1. The number of aromatic nitrogens is 4. The molecule has 5 rings (SSSR count). The van der Waals surface area contributed by atoms with Gasteiger partial charge in [0, 0.05) is 47.4 Å². The number of carbonyl (C=O) groups is 2. The summed E-state index contributed by atoms with van der Waals surface area (Å²) in [5.74, 6) is 0.957. The Labute approximate surface area is 254 Å². The number of nitrogens with one attached hydrogen (secondary N) is 2. The van der Waals surface area contributed by atoms with Crippen LogP contribution in [0.15, 0.2) is 69.9 Å². The van der Waals surface area contributed by atoms with Gasteiger partial charge in [0.25, 0.3) is 5.56 Å². The molecule has 1 unspecified atom stereocenters. The van der Waals surface area contributed by atoms with Gasteiger partial charge in [0.15, 0.2) is 0 Å². The minimum Gasteiger partial charge on any atom is -0.384 e. The van der Waals surface area contributed by atoms with Gasteiger partial charge in [-0.2, -0.15) is 0 Å². The second kappa shape index (κ2) is 14.5. The highest BCUT2D eigenvalue weighted by molar-refractivity contribution is 7.19. The third-order valence-electron chi connectivity index (χ3n) is 7.03. The van der Waals surface area contributed by atoms with Crippen LogP contribution in [0, 0.1) is 0 Å². The summed E-state index contributed by atoms with van der Waals surface area (Å²) in [5.41, 5.74) is 9.12. The lowest BCUT2D eigenvalue weighted by molar-refractivity contribution is -0.124. The first-order valence-corrected chi connectivity index (χ1v) is 14.9. The van der Waals surface area contributed by atoms with Crippen molar-refractivity contribution in [3.05, 3.63) is 86.8 Å². The second-order valence-corrected chi connectivity index (χ2v) is 11.2. The van der Waals surface area contributed by atoms with E-state index in [1.54, 1.807) is 37.7 Å². The third kappa shape index (κ3) is 7.39. The SMILES string of the molecule is CCCN=C(/C(C)=C(\C)C=O)c1ccccn1.CNc1cnc2n(c1=O)C(C(=O)NCc1cc3cnc(N)cc3s1)CC2. The highest BCUT2D eigenvalue weighted by Gasteiger charge is 2.30. The van der Waals surface area contributed by atoms with E-state index in [0.29, 0.717) is 42.3 Å². The molecule has 11 nitrogen and oxygen atoms in total. The van der Waals surface area contributed by atoms with Gasteiger partial charge in [-0.25, -0.2) is 9.97 Å². The summed E-state index contributed by atoms with van der Waals surface area (Å²) < 4.78 is 2.53. The summed E-state index contributed by atoms with van der Waals surface area (Å²) in [6.45, 7) is 6.93. The van der Waals surface area contributed by atoms with Crippen LogP contribution >= 0.6 is 11.3 Å². The van der Waals surface area contributed by atoms with E-state index in [1.807, 2.05) is 37.3 Å². The lowest BCUT2D eigenvalue weighted by Gasteiger charge is -2.14. The predicted molar refractivity (Wildman–Crippen MR) is 172 cm³/mol. The number of pyridine rings is 2. The molecule has 4 aromatic rings. The minimum atomic E-state index is -0.523. The molecular weight excluding hydrogens is 564 g/mol. The molecule has 1 aliphatic heterocycles. The number of amides is 1. The Kier molecular flexibility index (Phi) is 10.5. The topological polar surface area (TPSA) is 157 Å². The van der Waals surface area contributed by atoms with Crippen LogP contribution in [0.4, 0.5) is 11.5 Å². The number of rotatable bonds is 9. The van der Waals surface area contributed by atoms with E-state index in [0.717, 1.165) is 51.2 Å². The number of fused-ring (bicyclic) bond motifs is 2. The Bertz CT molecular complexity index is 1730. The van der Waals surface area contributed by atoms with Crippen LogP contribution in [0.25, 0.3) is 10.1 Å². The Balaban J connectivity index is 0.000000217. The highest BCUT2D eigenvalue weighted by Crippen LogP contribution is 2.27. The van der Waals surface area contributed by atoms with Gasteiger partial charge in [0.05, 0.1) is 24.1 Å². The largest absolute Gasteiger partial charge is 0.384 e. The first-order chi connectivity index (χ1) is 20.8. The molecule has 224 valence electrons. The standard InChI is InChI=1S/C17H18N6O2S.C14H18N2O/c1-19-11-8-21-15-3-2-12(23(15)17(11)25)16(24)22-7-10-4-9-6-20-14(18)5-13(9)26-10;1-4-8-16-14(12(3)11(2)10-17)13-7-5-6-9-15-13/h4-6,8,12,19H,2-3,7H2,1H3,(H2,18,20)(H,22,24);5-7,9-10H,4,8H2,1-3H3/b;12-11+,16-14?. The number of aldehydes is 1. The fourth-order valence-corrected chi connectivity index (χ4v) is 5.62. The van der Waals surface area contributed by atoms with E-state index in [-0.39, 0.29) is 11.5 Å². The highest BCUT2D eigenvalue weighted by atomic mass is 32.1. The number of nitrogens with zero attached hydrogens (tertiary/aromatic N) is 5. The van der Waals surface area contributed by atoms with E-state index in [2.05, 4.69) is 37.5 Å². The zero-order valence-electron chi connectivity index (χ0n) is 24.8. The van der Waals surface area contributed by atoms with Gasteiger partial charge in [-0.15, -0.1) is 11.3 Å². The summed E-state index contributed by atoms with van der Waals surface area (Å²) in [6.07, 6.45) is 8.01. The number of anilines is 2. The molecule has 12 heteroatoms. The maximum absolute atomic E-state index is 12.7. The van der Waals surface area contributed by atoms with Crippen molar-refractivity contribution < 1.29 is 9.59 Å². The van der Waals surface area contributed by atoms with Crippen LogP contribution < -0.4 is 21.9 Å². The normalized spacial score (nSPS) is 14.8. The molecule has 4 aromatic heterocycles. The molecule has 1 atom stereocenters. The van der Waals surface area contributed by atoms with E-state index in [4.69, 9.17) is 5.73 Å². The average Bonchev–Trinajstić information content (AvgIpc) is 3.65. The summed E-state index contributed by atoms with van der Waals surface area (Å²) in [7, 11) is 1.67. The van der Waals surface area contributed by atoms with E-state index in [9.17, 15) is 14.4 Å². The van der Waals surface area contributed by atoms with E-state index >= 15 is 0 Å². The fourth-order valence-electron chi connectivity index (χ4n) is 4.60. The number of hydrogen-bond acceptors (Lipinski definition) is 10. The van der Waals surface area contributed by atoms with Gasteiger partial charge in [-0.3, -0.25) is 28.9 Å². The van der Waals surface area contributed by atoms with Crippen molar-refractivity contribution in [1.29, 1.82) is 0 Å². The maximum atomic E-state index is 12.7. The summed E-state index contributed by atoms with van der Waals surface area (Å²) in [6, 6.07) is 8.99. The van der Waals surface area contributed by atoms with Crippen molar-refractivity contribution in [3.63, 3.8) is 0 Å². The third-order valence-corrected chi connectivity index (χ3v) is 8.13. The Morgan fingerprint density at radius 2 is 2.02 bits per heavy atom. The van der Waals surface area contributed by atoms with E-state index in [1.165, 1.54) is 10.8 Å². The van der Waals surface area contributed by atoms with E-state index < -0.39 is 6.04 Å². The molecule has 0 bridgehead atoms. The molecule has 4 N–H and O–H groups in total. The first-order valence-electron chi connectivity index (χ1n) is 14.1. The smallest absolute Gasteiger partial charge is 0.277 e. The molecule has 0 fully saturated rings. The molecule has 0 spiro atoms. The van der Waals surface area contributed by atoms with Crippen LogP contribution in [0.5, 0.6) is 0 Å². The summed E-state index contributed by atoms with van der Waals surface area (Å²) in [5, 5.41) is 6.75. The van der Waals surface area contributed by atoms with Crippen LogP contribution in [0.3, 0.4) is 0 Å². The molecule has 0 radical (unpaired) electrons.